The Labute approximate surface area is 242 Å². The topological polar surface area (TPSA) is 22.8 Å². The molecule has 0 amide bonds. The number of hydrogen-bond acceptors (Lipinski definition) is 1. The van der Waals surface area contributed by atoms with E-state index in [1.54, 1.807) is 0 Å². The maximum Gasteiger partial charge on any atom is 0.0971 e. The first kappa shape index (κ1) is 23.1. The second kappa shape index (κ2) is 8.92. The Morgan fingerprint density at radius 2 is 0.952 bits per heavy atom. The van der Waals surface area contributed by atoms with Crippen molar-refractivity contribution in [2.24, 2.45) is 0 Å². The quantitative estimate of drug-likeness (QED) is 0.221. The first-order chi connectivity index (χ1) is 20.8. The van der Waals surface area contributed by atoms with Crippen LogP contribution in [0.15, 0.2) is 152 Å². The highest BCUT2D eigenvalue weighted by atomic mass is 15.0. The summed E-state index contributed by atoms with van der Waals surface area (Å²) in [6.45, 7) is 0. The molecule has 9 aromatic rings. The van der Waals surface area contributed by atoms with Gasteiger partial charge in [-0.25, -0.2) is 4.98 Å². The summed E-state index contributed by atoms with van der Waals surface area (Å²) in [6.07, 6.45) is 0. The highest BCUT2D eigenvalue weighted by Gasteiger charge is 2.17. The van der Waals surface area contributed by atoms with Gasteiger partial charge in [-0.3, -0.25) is 0 Å². The average molecular weight is 536 g/mol. The minimum absolute atomic E-state index is 0.998. The van der Waals surface area contributed by atoms with Gasteiger partial charge in [0.25, 0.3) is 0 Å². The lowest BCUT2D eigenvalue weighted by atomic mass is 10.1. The fourth-order valence-corrected chi connectivity index (χ4v) is 6.56. The molecule has 0 spiro atoms. The van der Waals surface area contributed by atoms with Crippen LogP contribution < -0.4 is 0 Å². The van der Waals surface area contributed by atoms with E-state index in [0.29, 0.717) is 0 Å². The van der Waals surface area contributed by atoms with Gasteiger partial charge in [-0.2, -0.15) is 0 Å². The lowest BCUT2D eigenvalue weighted by Gasteiger charge is -2.10. The van der Waals surface area contributed by atoms with Crippen molar-refractivity contribution in [3.63, 3.8) is 0 Å². The summed E-state index contributed by atoms with van der Waals surface area (Å²) in [5, 5.41) is 4.77. The van der Waals surface area contributed by atoms with Gasteiger partial charge >= 0.3 is 0 Å². The van der Waals surface area contributed by atoms with E-state index in [1.807, 2.05) is 0 Å². The van der Waals surface area contributed by atoms with Crippen LogP contribution >= 0.6 is 0 Å². The molecule has 0 bridgehead atoms. The number of benzene rings is 6. The fourth-order valence-electron chi connectivity index (χ4n) is 6.56. The van der Waals surface area contributed by atoms with E-state index >= 15 is 0 Å². The first-order valence-corrected chi connectivity index (χ1v) is 14.3. The Balaban J connectivity index is 1.32. The molecular weight excluding hydrogens is 510 g/mol. The molecule has 3 nitrogen and oxygen atoms in total. The van der Waals surface area contributed by atoms with Crippen molar-refractivity contribution in [1.82, 2.24) is 14.1 Å². The second-order valence-corrected chi connectivity index (χ2v) is 10.9. The molecule has 9 rings (SSSR count). The predicted octanol–water partition coefficient (Wildman–Crippen LogP) is 10.1. The maximum absolute atomic E-state index is 5.34. The molecule has 0 saturated heterocycles. The molecule has 196 valence electrons. The van der Waals surface area contributed by atoms with E-state index in [2.05, 4.69) is 161 Å². The maximum atomic E-state index is 5.34. The van der Waals surface area contributed by atoms with Crippen molar-refractivity contribution in [1.29, 1.82) is 0 Å². The fraction of sp³-hybridized carbons (Fsp3) is 0. The van der Waals surface area contributed by atoms with E-state index in [4.69, 9.17) is 4.98 Å². The summed E-state index contributed by atoms with van der Waals surface area (Å²) in [7, 11) is 0. The number of para-hydroxylation sites is 3. The lowest BCUT2D eigenvalue weighted by molar-refractivity contribution is 1.18. The van der Waals surface area contributed by atoms with Crippen molar-refractivity contribution in [2.45, 2.75) is 0 Å². The van der Waals surface area contributed by atoms with E-state index in [1.165, 1.54) is 32.9 Å². The number of rotatable bonds is 3. The molecule has 0 fully saturated rings. The Kier molecular flexibility index (Phi) is 4.90. The van der Waals surface area contributed by atoms with E-state index < -0.39 is 0 Å². The number of hydrogen-bond donors (Lipinski definition) is 0. The summed E-state index contributed by atoms with van der Waals surface area (Å²) < 4.78 is 4.71. The molecule has 0 radical (unpaired) electrons. The van der Waals surface area contributed by atoms with Gasteiger partial charge in [-0.15, -0.1) is 0 Å². The van der Waals surface area contributed by atoms with Gasteiger partial charge < -0.3 is 9.13 Å². The zero-order valence-corrected chi connectivity index (χ0v) is 22.8. The average Bonchev–Trinajstić information content (AvgIpc) is 3.55. The molecular formula is C39H25N3. The summed E-state index contributed by atoms with van der Waals surface area (Å²) in [5.74, 6) is 0. The van der Waals surface area contributed by atoms with E-state index in [0.717, 1.165) is 44.2 Å². The number of nitrogens with zero attached hydrogens (tertiary/aromatic N) is 3. The number of aromatic nitrogens is 3. The molecule has 0 aliphatic heterocycles. The number of pyridine rings is 1. The highest BCUT2D eigenvalue weighted by Crippen LogP contribution is 2.38. The standard InChI is InChI=1S/C39H25N3/c1-3-11-26(12-4-1)27-19-21-30(22-20-27)42-36-18-10-8-16-32(36)39-38(42)24-28-23-33-31-15-7-9-17-35(31)41(29-13-5-2-6-14-29)37(33)25-34(28)40-39/h1-25H. The second-order valence-electron chi connectivity index (χ2n) is 10.9. The summed E-state index contributed by atoms with van der Waals surface area (Å²) in [4.78, 5) is 5.34. The third-order valence-electron chi connectivity index (χ3n) is 8.48. The van der Waals surface area contributed by atoms with Crippen LogP contribution in [-0.2, 0) is 0 Å². The van der Waals surface area contributed by atoms with Gasteiger partial charge in [-0.1, -0.05) is 97.1 Å². The van der Waals surface area contributed by atoms with Crippen molar-refractivity contribution in [2.75, 3.05) is 0 Å². The lowest BCUT2D eigenvalue weighted by Crippen LogP contribution is -1.95. The molecule has 0 aliphatic rings. The van der Waals surface area contributed by atoms with Crippen LogP contribution in [0.3, 0.4) is 0 Å². The molecule has 3 heterocycles. The molecule has 0 N–H and O–H groups in total. The Bertz CT molecular complexity index is 2430. The van der Waals surface area contributed by atoms with Gasteiger partial charge in [0.15, 0.2) is 0 Å². The Hall–Kier alpha value is -5.67. The van der Waals surface area contributed by atoms with Crippen LogP contribution in [0.25, 0.3) is 77.1 Å². The highest BCUT2D eigenvalue weighted by molar-refractivity contribution is 6.16. The Morgan fingerprint density at radius 3 is 1.71 bits per heavy atom. The van der Waals surface area contributed by atoms with Crippen LogP contribution in [0.2, 0.25) is 0 Å². The summed E-state index contributed by atoms with van der Waals surface area (Å²) >= 11 is 0. The zero-order valence-electron chi connectivity index (χ0n) is 22.8. The molecule has 0 atom stereocenters. The van der Waals surface area contributed by atoms with Crippen molar-refractivity contribution in [3.8, 4) is 22.5 Å². The van der Waals surface area contributed by atoms with Crippen LogP contribution in [-0.4, -0.2) is 14.1 Å². The molecule has 42 heavy (non-hydrogen) atoms. The smallest absolute Gasteiger partial charge is 0.0971 e. The van der Waals surface area contributed by atoms with Crippen molar-refractivity contribution in [3.05, 3.63) is 152 Å². The van der Waals surface area contributed by atoms with Crippen molar-refractivity contribution < 1.29 is 0 Å². The van der Waals surface area contributed by atoms with Crippen LogP contribution in [0, 0.1) is 0 Å². The van der Waals surface area contributed by atoms with Crippen LogP contribution in [0.1, 0.15) is 0 Å². The third kappa shape index (κ3) is 3.37. The Morgan fingerprint density at radius 1 is 0.381 bits per heavy atom. The summed E-state index contributed by atoms with van der Waals surface area (Å²) in [6, 6.07) is 54.1. The van der Waals surface area contributed by atoms with Crippen LogP contribution in [0.4, 0.5) is 0 Å². The molecule has 3 heteroatoms. The minimum Gasteiger partial charge on any atom is -0.309 e. The molecule has 3 aromatic heterocycles. The zero-order chi connectivity index (χ0) is 27.6. The van der Waals surface area contributed by atoms with E-state index in [9.17, 15) is 0 Å². The third-order valence-corrected chi connectivity index (χ3v) is 8.48. The summed E-state index contributed by atoms with van der Waals surface area (Å²) in [5.41, 5.74) is 11.4. The van der Waals surface area contributed by atoms with Gasteiger partial charge in [0, 0.05) is 32.9 Å². The van der Waals surface area contributed by atoms with E-state index in [-0.39, 0.29) is 0 Å². The molecule has 0 aliphatic carbocycles. The van der Waals surface area contributed by atoms with Gasteiger partial charge in [-0.05, 0) is 65.7 Å². The monoisotopic (exact) mass is 535 g/mol. The van der Waals surface area contributed by atoms with Crippen molar-refractivity contribution >= 4 is 54.6 Å². The number of fused-ring (bicyclic) bond motifs is 7. The van der Waals surface area contributed by atoms with Gasteiger partial charge in [0.05, 0.1) is 33.1 Å². The normalized spacial score (nSPS) is 11.8. The molecule has 0 saturated carbocycles. The SMILES string of the molecule is c1ccc(-c2ccc(-n3c4ccccc4c4nc5cc6c(cc5cc43)c3ccccc3n6-c3ccccc3)cc2)cc1. The van der Waals surface area contributed by atoms with Gasteiger partial charge in [0.1, 0.15) is 0 Å². The van der Waals surface area contributed by atoms with Crippen LogP contribution in [0.5, 0.6) is 0 Å². The minimum atomic E-state index is 0.998. The molecule has 0 unspecified atom stereocenters. The molecule has 6 aromatic carbocycles. The largest absolute Gasteiger partial charge is 0.309 e. The first-order valence-electron chi connectivity index (χ1n) is 14.3. The van der Waals surface area contributed by atoms with Gasteiger partial charge in [0.2, 0.25) is 0 Å². The predicted molar refractivity (Wildman–Crippen MR) is 176 cm³/mol.